The summed E-state index contributed by atoms with van der Waals surface area (Å²) in [5.41, 5.74) is 0. The Morgan fingerprint density at radius 3 is 2.40 bits per heavy atom. The third-order valence-corrected chi connectivity index (χ3v) is 3.38. The molecule has 1 saturated carbocycles. The summed E-state index contributed by atoms with van der Waals surface area (Å²) in [4.78, 5) is 0. The zero-order chi connectivity index (χ0) is 10.9. The molecule has 0 saturated heterocycles. The quantitative estimate of drug-likeness (QED) is 0.685. The summed E-state index contributed by atoms with van der Waals surface area (Å²) in [5.74, 6) is 0. The molecular formula is C13H27NO. The summed E-state index contributed by atoms with van der Waals surface area (Å²) in [7, 11) is 2.04. The molecule has 2 heteroatoms. The van der Waals surface area contributed by atoms with Gasteiger partial charge in [0.25, 0.3) is 0 Å². The van der Waals surface area contributed by atoms with Crippen molar-refractivity contribution in [2.75, 3.05) is 13.7 Å². The van der Waals surface area contributed by atoms with Crippen LogP contribution in [0.3, 0.4) is 0 Å². The highest BCUT2D eigenvalue weighted by atomic mass is 16.5. The van der Waals surface area contributed by atoms with Crippen molar-refractivity contribution in [2.45, 2.75) is 70.4 Å². The molecule has 0 spiro atoms. The molecule has 1 atom stereocenters. The summed E-state index contributed by atoms with van der Waals surface area (Å²) in [5, 5.41) is 3.33. The fourth-order valence-electron chi connectivity index (χ4n) is 2.32. The minimum atomic E-state index is 0.542. The fraction of sp³-hybridized carbons (Fsp3) is 1.00. The summed E-state index contributed by atoms with van der Waals surface area (Å²) in [6.07, 6.45) is 11.1. The second-order valence-corrected chi connectivity index (χ2v) is 4.72. The van der Waals surface area contributed by atoms with E-state index in [4.69, 9.17) is 4.74 Å². The predicted molar refractivity (Wildman–Crippen MR) is 65.2 cm³/mol. The van der Waals surface area contributed by atoms with Crippen LogP contribution in [0.25, 0.3) is 0 Å². The van der Waals surface area contributed by atoms with Gasteiger partial charge in [-0.2, -0.15) is 0 Å². The van der Waals surface area contributed by atoms with Crippen LogP contribution in [0.4, 0.5) is 0 Å². The van der Waals surface area contributed by atoms with Crippen LogP contribution in [0.2, 0.25) is 0 Å². The van der Waals surface area contributed by atoms with E-state index in [-0.39, 0.29) is 0 Å². The normalized spacial score (nSPS) is 21.2. The summed E-state index contributed by atoms with van der Waals surface area (Å²) in [6.45, 7) is 3.13. The third kappa shape index (κ3) is 5.53. The van der Waals surface area contributed by atoms with E-state index in [1.165, 1.54) is 51.4 Å². The highest BCUT2D eigenvalue weighted by Crippen LogP contribution is 2.20. The molecule has 0 aromatic carbocycles. The number of hydrogen-bond donors (Lipinski definition) is 1. The minimum absolute atomic E-state index is 0.542. The lowest BCUT2D eigenvalue weighted by molar-refractivity contribution is 0.0289. The Morgan fingerprint density at radius 1 is 1.20 bits per heavy atom. The van der Waals surface area contributed by atoms with Crippen molar-refractivity contribution in [3.05, 3.63) is 0 Å². The summed E-state index contributed by atoms with van der Waals surface area (Å²) in [6, 6.07) is 0.554. The van der Waals surface area contributed by atoms with E-state index in [9.17, 15) is 0 Å². The molecule has 0 aromatic rings. The molecule has 1 fully saturated rings. The van der Waals surface area contributed by atoms with E-state index < -0.39 is 0 Å². The first-order valence-electron chi connectivity index (χ1n) is 6.65. The number of rotatable bonds is 6. The van der Waals surface area contributed by atoms with Gasteiger partial charge in [0.15, 0.2) is 0 Å². The maximum Gasteiger partial charge on any atom is 0.0623 e. The van der Waals surface area contributed by atoms with Crippen LogP contribution >= 0.6 is 0 Å². The second kappa shape index (κ2) is 8.12. The maximum atomic E-state index is 6.01. The van der Waals surface area contributed by atoms with E-state index in [0.717, 1.165) is 6.61 Å². The molecule has 0 heterocycles. The van der Waals surface area contributed by atoms with Crippen molar-refractivity contribution >= 4 is 0 Å². The standard InChI is InChI=1S/C13H27NO/c1-3-8-12(14-2)11-15-13-9-6-4-5-7-10-13/h12-14H,3-11H2,1-2H3. The Bertz CT molecular complexity index is 141. The third-order valence-electron chi connectivity index (χ3n) is 3.38. The second-order valence-electron chi connectivity index (χ2n) is 4.72. The van der Waals surface area contributed by atoms with Crippen LogP contribution in [0.1, 0.15) is 58.3 Å². The number of hydrogen-bond acceptors (Lipinski definition) is 2. The first kappa shape index (κ1) is 13.0. The molecule has 0 aliphatic heterocycles. The molecule has 1 rings (SSSR count). The van der Waals surface area contributed by atoms with Gasteiger partial charge in [0.2, 0.25) is 0 Å². The Morgan fingerprint density at radius 2 is 1.87 bits per heavy atom. The van der Waals surface area contributed by atoms with Crippen molar-refractivity contribution in [1.82, 2.24) is 5.32 Å². The Kier molecular flexibility index (Phi) is 7.03. The first-order chi connectivity index (χ1) is 7.36. The number of ether oxygens (including phenoxy) is 1. The molecule has 1 N–H and O–H groups in total. The number of nitrogens with one attached hydrogen (secondary N) is 1. The molecule has 1 aliphatic carbocycles. The minimum Gasteiger partial charge on any atom is -0.377 e. The maximum absolute atomic E-state index is 6.01. The van der Waals surface area contributed by atoms with Crippen LogP contribution in [0, 0.1) is 0 Å². The zero-order valence-electron chi connectivity index (χ0n) is 10.4. The van der Waals surface area contributed by atoms with Crippen molar-refractivity contribution in [2.24, 2.45) is 0 Å². The lowest BCUT2D eigenvalue weighted by atomic mass is 10.1. The molecule has 90 valence electrons. The fourth-order valence-corrected chi connectivity index (χ4v) is 2.32. The van der Waals surface area contributed by atoms with Crippen LogP contribution < -0.4 is 5.32 Å². The molecule has 0 aromatic heterocycles. The van der Waals surface area contributed by atoms with Gasteiger partial charge in [-0.05, 0) is 26.3 Å². The van der Waals surface area contributed by atoms with E-state index in [0.29, 0.717) is 12.1 Å². The molecule has 1 unspecified atom stereocenters. The van der Waals surface area contributed by atoms with Crippen molar-refractivity contribution in [3.8, 4) is 0 Å². The SMILES string of the molecule is CCCC(COC1CCCCCC1)NC. The molecule has 0 amide bonds. The zero-order valence-corrected chi connectivity index (χ0v) is 10.4. The Labute approximate surface area is 94.8 Å². The van der Waals surface area contributed by atoms with E-state index in [2.05, 4.69) is 12.2 Å². The highest BCUT2D eigenvalue weighted by Gasteiger charge is 2.14. The van der Waals surface area contributed by atoms with Gasteiger partial charge in [-0.1, -0.05) is 39.0 Å². The molecule has 0 radical (unpaired) electrons. The van der Waals surface area contributed by atoms with Gasteiger partial charge in [-0.25, -0.2) is 0 Å². The van der Waals surface area contributed by atoms with Crippen LogP contribution in [0.5, 0.6) is 0 Å². The van der Waals surface area contributed by atoms with Gasteiger partial charge >= 0.3 is 0 Å². The molecule has 1 aliphatic rings. The van der Waals surface area contributed by atoms with E-state index in [1.54, 1.807) is 0 Å². The van der Waals surface area contributed by atoms with Gasteiger partial charge < -0.3 is 10.1 Å². The Balaban J connectivity index is 2.15. The smallest absolute Gasteiger partial charge is 0.0623 e. The van der Waals surface area contributed by atoms with Crippen LogP contribution in [-0.2, 0) is 4.74 Å². The molecule has 0 bridgehead atoms. The number of likely N-dealkylation sites (N-methyl/N-ethyl adjacent to an activating group) is 1. The van der Waals surface area contributed by atoms with Crippen molar-refractivity contribution in [1.29, 1.82) is 0 Å². The molecule has 15 heavy (non-hydrogen) atoms. The van der Waals surface area contributed by atoms with Gasteiger partial charge in [-0.3, -0.25) is 0 Å². The van der Waals surface area contributed by atoms with Crippen LogP contribution in [0.15, 0.2) is 0 Å². The predicted octanol–water partition coefficient (Wildman–Crippen LogP) is 3.11. The van der Waals surface area contributed by atoms with Gasteiger partial charge in [0.05, 0.1) is 12.7 Å². The van der Waals surface area contributed by atoms with E-state index >= 15 is 0 Å². The highest BCUT2D eigenvalue weighted by molar-refractivity contribution is 4.67. The van der Waals surface area contributed by atoms with Gasteiger partial charge in [-0.15, -0.1) is 0 Å². The molecule has 2 nitrogen and oxygen atoms in total. The van der Waals surface area contributed by atoms with E-state index in [1.807, 2.05) is 7.05 Å². The van der Waals surface area contributed by atoms with Gasteiger partial charge in [0, 0.05) is 6.04 Å². The largest absolute Gasteiger partial charge is 0.377 e. The first-order valence-corrected chi connectivity index (χ1v) is 6.65. The summed E-state index contributed by atoms with van der Waals surface area (Å²) < 4.78 is 6.01. The van der Waals surface area contributed by atoms with Gasteiger partial charge in [0.1, 0.15) is 0 Å². The topological polar surface area (TPSA) is 21.3 Å². The average Bonchev–Trinajstić information content (AvgIpc) is 2.52. The monoisotopic (exact) mass is 213 g/mol. The lowest BCUT2D eigenvalue weighted by Gasteiger charge is -2.20. The summed E-state index contributed by atoms with van der Waals surface area (Å²) >= 11 is 0. The lowest BCUT2D eigenvalue weighted by Crippen LogP contribution is -2.32. The Hall–Kier alpha value is -0.0800. The average molecular weight is 213 g/mol. The molecular weight excluding hydrogens is 186 g/mol. The van der Waals surface area contributed by atoms with Crippen molar-refractivity contribution in [3.63, 3.8) is 0 Å². The van der Waals surface area contributed by atoms with Crippen molar-refractivity contribution < 1.29 is 4.74 Å². The van der Waals surface area contributed by atoms with Crippen LogP contribution in [-0.4, -0.2) is 25.8 Å².